The van der Waals surface area contributed by atoms with Crippen molar-refractivity contribution in [1.82, 2.24) is 25.3 Å². The Bertz CT molecular complexity index is 990. The predicted octanol–water partition coefficient (Wildman–Crippen LogP) is 1.73. The number of likely N-dealkylation sites (N-methyl/N-ethyl adjacent to an activating group) is 1. The summed E-state index contributed by atoms with van der Waals surface area (Å²) in [7, 11) is 3.70. The van der Waals surface area contributed by atoms with E-state index in [1.165, 1.54) is 34.1 Å². The second-order valence-corrected chi connectivity index (χ2v) is 8.04. The van der Waals surface area contributed by atoms with E-state index in [4.69, 9.17) is 0 Å². The lowest BCUT2D eigenvalue weighted by molar-refractivity contribution is -0.138. The maximum Gasteiger partial charge on any atom is 0.416 e. The van der Waals surface area contributed by atoms with E-state index in [1.54, 1.807) is 0 Å². The van der Waals surface area contributed by atoms with Crippen LogP contribution in [0.2, 0.25) is 0 Å². The number of urea groups is 1. The van der Waals surface area contributed by atoms with Gasteiger partial charge in [-0.2, -0.15) is 13.2 Å². The van der Waals surface area contributed by atoms with E-state index in [0.29, 0.717) is 13.1 Å². The number of halogens is 3. The molecule has 0 aromatic heterocycles. The van der Waals surface area contributed by atoms with Gasteiger partial charge in [0.1, 0.15) is 6.54 Å². The van der Waals surface area contributed by atoms with E-state index in [2.05, 4.69) is 17.2 Å². The van der Waals surface area contributed by atoms with Crippen LogP contribution in [0.15, 0.2) is 48.2 Å². The quantitative estimate of drug-likeness (QED) is 0.573. The number of carbonyl (C=O) groups is 3. The van der Waals surface area contributed by atoms with Gasteiger partial charge in [-0.1, -0.05) is 24.3 Å². The molecule has 2 N–H and O–H groups in total. The van der Waals surface area contributed by atoms with Crippen LogP contribution in [0.3, 0.4) is 0 Å². The van der Waals surface area contributed by atoms with Gasteiger partial charge in [0.05, 0.1) is 29.4 Å². The number of amides is 4. The Hall–Kier alpha value is -3.34. The van der Waals surface area contributed by atoms with Gasteiger partial charge in [0, 0.05) is 19.6 Å². The van der Waals surface area contributed by atoms with Gasteiger partial charge in [0.15, 0.2) is 0 Å². The van der Waals surface area contributed by atoms with Gasteiger partial charge >= 0.3 is 12.2 Å². The molecule has 1 unspecified atom stereocenters. The molecular weight excluding hydrogens is 439 g/mol. The predicted molar refractivity (Wildman–Crippen MR) is 115 cm³/mol. The fraction of sp³-hybridized carbons (Fsp3) is 0.409. The van der Waals surface area contributed by atoms with Crippen molar-refractivity contribution in [2.75, 3.05) is 46.8 Å². The second kappa shape index (κ2) is 9.65. The maximum absolute atomic E-state index is 13.7. The van der Waals surface area contributed by atoms with Crippen LogP contribution >= 0.6 is 0 Å². The van der Waals surface area contributed by atoms with Crippen molar-refractivity contribution in [3.8, 4) is 0 Å². The van der Waals surface area contributed by atoms with Crippen LogP contribution in [0.4, 0.5) is 18.0 Å². The van der Waals surface area contributed by atoms with Gasteiger partial charge in [-0.25, -0.2) is 4.79 Å². The van der Waals surface area contributed by atoms with Crippen LogP contribution < -0.4 is 10.6 Å². The molecule has 178 valence electrons. The number of nitrogens with zero attached hydrogens (tertiary/aromatic N) is 3. The number of carbonyl (C=O) groups excluding carboxylic acids is 3. The minimum atomic E-state index is -4.67. The van der Waals surface area contributed by atoms with Crippen molar-refractivity contribution >= 4 is 17.8 Å². The van der Waals surface area contributed by atoms with E-state index in [-0.39, 0.29) is 36.5 Å². The highest BCUT2D eigenvalue weighted by Crippen LogP contribution is 2.41. The van der Waals surface area contributed by atoms with Gasteiger partial charge in [-0.3, -0.25) is 14.5 Å². The molecule has 1 aromatic rings. The fourth-order valence-corrected chi connectivity index (χ4v) is 3.89. The van der Waals surface area contributed by atoms with Crippen molar-refractivity contribution < 1.29 is 27.6 Å². The average Bonchev–Trinajstić information content (AvgIpc) is 3.05. The number of benzene rings is 1. The third-order valence-electron chi connectivity index (χ3n) is 5.40. The molecule has 2 aliphatic heterocycles. The third-order valence-corrected chi connectivity index (χ3v) is 5.40. The first kappa shape index (κ1) is 24.3. The number of nitrogens with one attached hydrogen (secondary N) is 2. The van der Waals surface area contributed by atoms with Gasteiger partial charge in [-0.05, 0) is 25.7 Å². The highest BCUT2D eigenvalue weighted by atomic mass is 19.4. The molecule has 1 aromatic carbocycles. The molecule has 1 atom stereocenters. The van der Waals surface area contributed by atoms with Crippen molar-refractivity contribution in [2.24, 2.45) is 0 Å². The van der Waals surface area contributed by atoms with Crippen molar-refractivity contribution in [2.45, 2.75) is 12.2 Å². The van der Waals surface area contributed by atoms with Crippen molar-refractivity contribution in [3.05, 3.63) is 59.3 Å². The standard InChI is InChI=1S/C22H26F3N5O3/c1-4-10-30-16-12-29(13-17(31)26-9-11-28(2)3)20(32)18(16)19(27-21(30)33)14-7-5-6-8-15(14)22(23,24)25/h4-8,19H,1,9-13H2,2-3H3,(H,26,31)(H,27,33). The molecule has 2 heterocycles. The average molecular weight is 465 g/mol. The summed E-state index contributed by atoms with van der Waals surface area (Å²) in [5.41, 5.74) is -0.873. The first-order chi connectivity index (χ1) is 15.5. The number of alkyl halides is 3. The molecule has 0 fully saturated rings. The topological polar surface area (TPSA) is 85.0 Å². The minimum absolute atomic E-state index is 0.0224. The van der Waals surface area contributed by atoms with Gasteiger partial charge in [0.25, 0.3) is 5.91 Å². The summed E-state index contributed by atoms with van der Waals surface area (Å²) in [4.78, 5) is 42.7. The molecule has 0 saturated carbocycles. The Morgan fingerprint density at radius 1 is 1.30 bits per heavy atom. The molecule has 8 nitrogen and oxygen atoms in total. The zero-order valence-electron chi connectivity index (χ0n) is 18.4. The molecular formula is C22H26F3N5O3. The molecule has 33 heavy (non-hydrogen) atoms. The van der Waals surface area contributed by atoms with Crippen molar-refractivity contribution in [3.63, 3.8) is 0 Å². The summed E-state index contributed by atoms with van der Waals surface area (Å²) >= 11 is 0. The molecule has 3 rings (SSSR count). The van der Waals surface area contributed by atoms with E-state index in [1.807, 2.05) is 19.0 Å². The summed E-state index contributed by atoms with van der Waals surface area (Å²) in [5, 5.41) is 5.24. The number of hydrogen-bond donors (Lipinski definition) is 2. The van der Waals surface area contributed by atoms with Gasteiger partial charge in [-0.15, -0.1) is 6.58 Å². The summed E-state index contributed by atoms with van der Waals surface area (Å²) < 4.78 is 41.0. The lowest BCUT2D eigenvalue weighted by Gasteiger charge is -2.33. The lowest BCUT2D eigenvalue weighted by Crippen LogP contribution is -2.47. The minimum Gasteiger partial charge on any atom is -0.353 e. The maximum atomic E-state index is 13.7. The van der Waals surface area contributed by atoms with Crippen LogP contribution in [0, 0.1) is 0 Å². The van der Waals surface area contributed by atoms with E-state index >= 15 is 0 Å². The van der Waals surface area contributed by atoms with Gasteiger partial charge < -0.3 is 20.4 Å². The highest BCUT2D eigenvalue weighted by molar-refractivity contribution is 6.03. The summed E-state index contributed by atoms with van der Waals surface area (Å²) in [5.74, 6) is -0.990. The zero-order chi connectivity index (χ0) is 24.3. The summed E-state index contributed by atoms with van der Waals surface area (Å²) in [6.45, 7) is 4.31. The second-order valence-electron chi connectivity index (χ2n) is 8.04. The Labute approximate surface area is 189 Å². The molecule has 0 radical (unpaired) electrons. The monoisotopic (exact) mass is 465 g/mol. The largest absolute Gasteiger partial charge is 0.416 e. The lowest BCUT2D eigenvalue weighted by atomic mass is 9.91. The van der Waals surface area contributed by atoms with Crippen LogP contribution in [0.1, 0.15) is 17.2 Å². The van der Waals surface area contributed by atoms with Crippen molar-refractivity contribution in [1.29, 1.82) is 0 Å². The molecule has 0 bridgehead atoms. The molecule has 0 spiro atoms. The first-order valence-corrected chi connectivity index (χ1v) is 10.3. The molecule has 4 amide bonds. The zero-order valence-corrected chi connectivity index (χ0v) is 18.4. The van der Waals surface area contributed by atoms with E-state index in [9.17, 15) is 27.6 Å². The van der Waals surface area contributed by atoms with Crippen LogP contribution in [-0.4, -0.2) is 79.4 Å². The number of hydrogen-bond acceptors (Lipinski definition) is 4. The number of rotatable bonds is 8. The first-order valence-electron chi connectivity index (χ1n) is 10.3. The molecule has 0 aliphatic carbocycles. The Morgan fingerprint density at radius 2 is 2.00 bits per heavy atom. The molecule has 11 heteroatoms. The fourth-order valence-electron chi connectivity index (χ4n) is 3.89. The smallest absolute Gasteiger partial charge is 0.353 e. The summed E-state index contributed by atoms with van der Waals surface area (Å²) in [6, 6.07) is 2.89. The summed E-state index contributed by atoms with van der Waals surface area (Å²) in [6.07, 6.45) is -3.22. The Morgan fingerprint density at radius 3 is 2.64 bits per heavy atom. The Kier molecular flexibility index (Phi) is 7.11. The van der Waals surface area contributed by atoms with Crippen LogP contribution in [0.5, 0.6) is 0 Å². The molecule has 0 saturated heterocycles. The Balaban J connectivity index is 1.93. The molecule has 2 aliphatic rings. The normalized spacial score (nSPS) is 18.5. The van der Waals surface area contributed by atoms with Crippen LogP contribution in [-0.2, 0) is 15.8 Å². The van der Waals surface area contributed by atoms with E-state index in [0.717, 1.165) is 6.07 Å². The third kappa shape index (κ3) is 5.19. The highest BCUT2D eigenvalue weighted by Gasteiger charge is 2.46. The van der Waals surface area contributed by atoms with Gasteiger partial charge in [0.2, 0.25) is 5.91 Å². The van der Waals surface area contributed by atoms with E-state index < -0.39 is 35.6 Å². The SMILES string of the molecule is C=CCN1C(=O)NC(c2ccccc2C(F)(F)F)C2=C1CN(CC(=O)NCCN(C)C)C2=O. The van der Waals surface area contributed by atoms with Crippen LogP contribution in [0.25, 0.3) is 0 Å².